The standard InChI is InChI=1S/C21H23N3O5/c1-13-11-17(14-5-9-28-10-6-14)29-20(26)18(13)19(25)23-15-3-2-4-16(12-15)24-8-7-22-21(24)27/h2-4,11-12,14H,5-10H2,1H3,(H,22,27)(H,23,25). The van der Waals surface area contributed by atoms with Crippen molar-refractivity contribution in [1.29, 1.82) is 0 Å². The van der Waals surface area contributed by atoms with Gasteiger partial charge in [0.25, 0.3) is 5.91 Å². The van der Waals surface area contributed by atoms with Crippen LogP contribution in [0.4, 0.5) is 16.2 Å². The molecule has 2 aliphatic rings. The van der Waals surface area contributed by atoms with Crippen molar-refractivity contribution in [3.63, 3.8) is 0 Å². The van der Waals surface area contributed by atoms with Gasteiger partial charge in [-0.05, 0) is 49.6 Å². The van der Waals surface area contributed by atoms with Crippen LogP contribution < -0.4 is 21.2 Å². The Morgan fingerprint density at radius 1 is 1.21 bits per heavy atom. The molecule has 29 heavy (non-hydrogen) atoms. The highest BCUT2D eigenvalue weighted by atomic mass is 16.5. The Bertz CT molecular complexity index is 994. The highest BCUT2D eigenvalue weighted by Gasteiger charge is 2.24. The van der Waals surface area contributed by atoms with Crippen LogP contribution in [-0.4, -0.2) is 38.2 Å². The summed E-state index contributed by atoms with van der Waals surface area (Å²) < 4.78 is 10.8. The molecule has 0 spiro atoms. The Kier molecular flexibility index (Phi) is 5.35. The molecule has 2 aliphatic heterocycles. The molecule has 0 saturated carbocycles. The first-order chi connectivity index (χ1) is 14.0. The molecule has 2 saturated heterocycles. The SMILES string of the molecule is Cc1cc(C2CCOCC2)oc(=O)c1C(=O)Nc1cccc(N2CCNC2=O)c1. The van der Waals surface area contributed by atoms with Gasteiger partial charge in [-0.1, -0.05) is 6.07 Å². The summed E-state index contributed by atoms with van der Waals surface area (Å²) >= 11 is 0. The van der Waals surface area contributed by atoms with E-state index in [1.165, 1.54) is 0 Å². The number of carbonyl (C=O) groups is 2. The highest BCUT2D eigenvalue weighted by molar-refractivity contribution is 6.05. The second kappa shape index (κ2) is 8.08. The summed E-state index contributed by atoms with van der Waals surface area (Å²) in [5.41, 5.74) is 1.11. The molecule has 0 aliphatic carbocycles. The van der Waals surface area contributed by atoms with E-state index in [-0.39, 0.29) is 17.5 Å². The average Bonchev–Trinajstić information content (AvgIpc) is 3.14. The third-order valence-corrected chi connectivity index (χ3v) is 5.29. The maximum Gasteiger partial charge on any atom is 0.349 e. The smallest absolute Gasteiger partial charge is 0.349 e. The molecular formula is C21H23N3O5. The van der Waals surface area contributed by atoms with E-state index in [4.69, 9.17) is 9.15 Å². The van der Waals surface area contributed by atoms with Crippen LogP contribution in [0.15, 0.2) is 39.5 Å². The van der Waals surface area contributed by atoms with Crippen molar-refractivity contribution in [2.45, 2.75) is 25.7 Å². The molecule has 2 aromatic rings. The van der Waals surface area contributed by atoms with Crippen molar-refractivity contribution in [3.8, 4) is 0 Å². The van der Waals surface area contributed by atoms with Gasteiger partial charge in [-0.25, -0.2) is 9.59 Å². The lowest BCUT2D eigenvalue weighted by molar-refractivity contribution is 0.0796. The minimum atomic E-state index is -0.640. The predicted molar refractivity (Wildman–Crippen MR) is 108 cm³/mol. The van der Waals surface area contributed by atoms with E-state index >= 15 is 0 Å². The van der Waals surface area contributed by atoms with E-state index < -0.39 is 11.5 Å². The van der Waals surface area contributed by atoms with Crippen LogP contribution in [0.1, 0.15) is 40.4 Å². The largest absolute Gasteiger partial charge is 0.427 e. The van der Waals surface area contributed by atoms with Crippen LogP contribution in [0, 0.1) is 6.92 Å². The minimum Gasteiger partial charge on any atom is -0.427 e. The van der Waals surface area contributed by atoms with Crippen LogP contribution in [0.25, 0.3) is 0 Å². The lowest BCUT2D eigenvalue weighted by atomic mass is 9.95. The van der Waals surface area contributed by atoms with Gasteiger partial charge in [0, 0.05) is 43.6 Å². The van der Waals surface area contributed by atoms with Gasteiger partial charge in [-0.2, -0.15) is 0 Å². The number of carbonyl (C=O) groups excluding carboxylic acids is 2. The lowest BCUT2D eigenvalue weighted by Crippen LogP contribution is -2.28. The first kappa shape index (κ1) is 19.2. The van der Waals surface area contributed by atoms with Gasteiger partial charge in [0.2, 0.25) is 0 Å². The zero-order chi connectivity index (χ0) is 20.4. The number of nitrogens with one attached hydrogen (secondary N) is 2. The summed E-state index contributed by atoms with van der Waals surface area (Å²) in [5.74, 6) is 0.211. The fourth-order valence-electron chi connectivity index (χ4n) is 3.75. The Labute approximate surface area is 167 Å². The van der Waals surface area contributed by atoms with Gasteiger partial charge in [0.05, 0.1) is 0 Å². The van der Waals surface area contributed by atoms with Gasteiger partial charge in [0.15, 0.2) is 0 Å². The summed E-state index contributed by atoms with van der Waals surface area (Å²) in [4.78, 5) is 38.7. The average molecular weight is 397 g/mol. The monoisotopic (exact) mass is 397 g/mol. The number of anilines is 2. The van der Waals surface area contributed by atoms with Crippen LogP contribution in [0.3, 0.4) is 0 Å². The van der Waals surface area contributed by atoms with Crippen molar-refractivity contribution in [1.82, 2.24) is 5.32 Å². The van der Waals surface area contributed by atoms with Crippen molar-refractivity contribution in [2.24, 2.45) is 0 Å². The quantitative estimate of drug-likeness (QED) is 0.826. The topological polar surface area (TPSA) is 101 Å². The lowest BCUT2D eigenvalue weighted by Gasteiger charge is -2.21. The van der Waals surface area contributed by atoms with Crippen molar-refractivity contribution in [2.75, 3.05) is 36.5 Å². The van der Waals surface area contributed by atoms with Crippen molar-refractivity contribution < 1.29 is 18.7 Å². The molecule has 1 aromatic heterocycles. The molecule has 2 fully saturated rings. The van der Waals surface area contributed by atoms with Gasteiger partial charge in [-0.15, -0.1) is 0 Å². The van der Waals surface area contributed by atoms with Gasteiger partial charge >= 0.3 is 11.7 Å². The van der Waals surface area contributed by atoms with Gasteiger partial charge in [0.1, 0.15) is 11.3 Å². The number of aryl methyl sites for hydroxylation is 1. The maximum absolute atomic E-state index is 12.8. The van der Waals surface area contributed by atoms with Crippen LogP contribution in [-0.2, 0) is 4.74 Å². The number of ether oxygens (including phenoxy) is 1. The third-order valence-electron chi connectivity index (χ3n) is 5.29. The number of urea groups is 1. The molecule has 2 N–H and O–H groups in total. The van der Waals surface area contributed by atoms with Crippen molar-refractivity contribution >= 4 is 23.3 Å². The van der Waals surface area contributed by atoms with Crippen molar-refractivity contribution in [3.05, 3.63) is 57.6 Å². The number of amides is 3. The van der Waals surface area contributed by atoms with E-state index in [0.29, 0.717) is 49.0 Å². The molecule has 8 nitrogen and oxygen atoms in total. The maximum atomic E-state index is 12.8. The second-order valence-corrected chi connectivity index (χ2v) is 7.27. The number of hydrogen-bond donors (Lipinski definition) is 2. The van der Waals surface area contributed by atoms with E-state index in [2.05, 4.69) is 10.6 Å². The first-order valence-electron chi connectivity index (χ1n) is 9.72. The molecule has 0 bridgehead atoms. The van der Waals surface area contributed by atoms with E-state index in [9.17, 15) is 14.4 Å². The summed E-state index contributed by atoms with van der Waals surface area (Å²) in [6.07, 6.45) is 1.59. The Hall–Kier alpha value is -3.13. The van der Waals surface area contributed by atoms with E-state index in [1.807, 2.05) is 0 Å². The van der Waals surface area contributed by atoms with Gasteiger partial charge < -0.3 is 19.8 Å². The molecule has 3 amide bonds. The molecule has 8 heteroatoms. The highest BCUT2D eigenvalue weighted by Crippen LogP contribution is 2.27. The molecule has 0 atom stereocenters. The zero-order valence-electron chi connectivity index (χ0n) is 16.2. The molecule has 3 heterocycles. The van der Waals surface area contributed by atoms with Gasteiger partial charge in [-0.3, -0.25) is 9.69 Å². The predicted octanol–water partition coefficient (Wildman–Crippen LogP) is 2.62. The Morgan fingerprint density at radius 3 is 2.69 bits per heavy atom. The van der Waals surface area contributed by atoms with E-state index in [0.717, 1.165) is 12.8 Å². The minimum absolute atomic E-state index is 0.00914. The molecule has 1 aromatic carbocycles. The Balaban J connectivity index is 1.54. The molecule has 0 unspecified atom stereocenters. The number of benzene rings is 1. The third kappa shape index (κ3) is 4.02. The molecule has 4 rings (SSSR count). The van der Waals surface area contributed by atoms with Crippen LogP contribution >= 0.6 is 0 Å². The normalized spacial score (nSPS) is 17.3. The fourth-order valence-corrected chi connectivity index (χ4v) is 3.75. The van der Waals surface area contributed by atoms with Crippen LogP contribution in [0.5, 0.6) is 0 Å². The number of rotatable bonds is 4. The number of hydrogen-bond acceptors (Lipinski definition) is 5. The molecular weight excluding hydrogens is 374 g/mol. The summed E-state index contributed by atoms with van der Waals surface area (Å²) in [5, 5.41) is 5.48. The molecule has 152 valence electrons. The summed E-state index contributed by atoms with van der Waals surface area (Å²) in [6.45, 7) is 4.16. The van der Waals surface area contributed by atoms with Crippen LogP contribution in [0.2, 0.25) is 0 Å². The van der Waals surface area contributed by atoms with E-state index in [1.54, 1.807) is 42.2 Å². The Morgan fingerprint density at radius 2 is 2.00 bits per heavy atom. The second-order valence-electron chi connectivity index (χ2n) is 7.27. The summed E-state index contributed by atoms with van der Waals surface area (Å²) in [7, 11) is 0. The number of nitrogens with zero attached hydrogens (tertiary/aromatic N) is 1. The summed E-state index contributed by atoms with van der Waals surface area (Å²) in [6, 6.07) is 8.56. The first-order valence-corrected chi connectivity index (χ1v) is 9.72. The zero-order valence-corrected chi connectivity index (χ0v) is 16.2. The fraction of sp³-hybridized carbons (Fsp3) is 0.381. The molecule has 0 radical (unpaired) electrons.